The Morgan fingerprint density at radius 3 is 1.83 bits per heavy atom. The maximum absolute atomic E-state index is 9.18. The monoisotopic (exact) mass is 526 g/mol. The lowest BCUT2D eigenvalue weighted by atomic mass is 10.0. The minimum Gasteiger partial charge on any atom is -0.457 e. The fourth-order valence-electron chi connectivity index (χ4n) is 4.07. The third kappa shape index (κ3) is 22.3. The Labute approximate surface area is 225 Å². The van der Waals surface area contributed by atoms with Crippen molar-refractivity contribution in [3.63, 3.8) is 0 Å². The molecule has 0 aliphatic rings. The van der Waals surface area contributed by atoms with Crippen molar-refractivity contribution in [3.05, 3.63) is 18.5 Å². The molecule has 1 N–H and O–H groups in total. The van der Waals surface area contributed by atoms with Crippen LogP contribution in [0.2, 0.25) is 0 Å². The van der Waals surface area contributed by atoms with Crippen LogP contribution >= 0.6 is 11.8 Å². The second-order valence-corrected chi connectivity index (χ2v) is 10.8. The lowest BCUT2D eigenvalue weighted by Gasteiger charge is -2.18. The molecule has 0 aromatic carbocycles. The molecule has 0 aliphatic carbocycles. The average Bonchev–Trinajstić information content (AvgIpc) is 2.88. The quantitative estimate of drug-likeness (QED) is 0.0935. The summed E-state index contributed by atoms with van der Waals surface area (Å²) in [7, 11) is 0. The van der Waals surface area contributed by atoms with Gasteiger partial charge in [-0.25, -0.2) is 9.97 Å². The van der Waals surface area contributed by atoms with Crippen molar-refractivity contribution < 1.29 is 19.3 Å². The van der Waals surface area contributed by atoms with Crippen molar-refractivity contribution in [3.8, 4) is 6.01 Å². The molecule has 0 fully saturated rings. The molecule has 2 unspecified atom stereocenters. The van der Waals surface area contributed by atoms with Gasteiger partial charge in [-0.1, -0.05) is 103 Å². The number of unbranched alkanes of at least 4 members (excludes halogenated alkanes) is 15. The van der Waals surface area contributed by atoms with Gasteiger partial charge < -0.3 is 19.3 Å². The zero-order valence-electron chi connectivity index (χ0n) is 23.2. The zero-order chi connectivity index (χ0) is 25.9. The van der Waals surface area contributed by atoms with Gasteiger partial charge in [0.15, 0.2) is 6.29 Å². The van der Waals surface area contributed by atoms with Gasteiger partial charge in [-0.3, -0.25) is 0 Å². The Morgan fingerprint density at radius 2 is 1.31 bits per heavy atom. The third-order valence-corrected chi connectivity index (χ3v) is 7.21. The van der Waals surface area contributed by atoms with E-state index in [2.05, 4.69) is 16.9 Å². The largest absolute Gasteiger partial charge is 0.457 e. The van der Waals surface area contributed by atoms with E-state index in [4.69, 9.17) is 14.2 Å². The van der Waals surface area contributed by atoms with Crippen LogP contribution in [-0.4, -0.2) is 58.8 Å². The number of rotatable bonds is 27. The second kappa shape index (κ2) is 25.7. The van der Waals surface area contributed by atoms with Gasteiger partial charge in [0.1, 0.15) is 6.10 Å². The first kappa shape index (κ1) is 33.1. The van der Waals surface area contributed by atoms with E-state index in [0.29, 0.717) is 19.2 Å². The highest BCUT2D eigenvalue weighted by Gasteiger charge is 2.13. The number of aromatic nitrogens is 2. The molecule has 7 heteroatoms. The molecule has 0 radical (unpaired) electrons. The summed E-state index contributed by atoms with van der Waals surface area (Å²) in [5.41, 5.74) is 0. The van der Waals surface area contributed by atoms with Gasteiger partial charge in [0.2, 0.25) is 0 Å². The van der Waals surface area contributed by atoms with Gasteiger partial charge in [-0.05, 0) is 19.4 Å². The molecule has 6 nitrogen and oxygen atoms in total. The van der Waals surface area contributed by atoms with Crippen LogP contribution in [0.3, 0.4) is 0 Å². The molecule has 0 bridgehead atoms. The predicted molar refractivity (Wildman–Crippen MR) is 152 cm³/mol. The van der Waals surface area contributed by atoms with Gasteiger partial charge >= 0.3 is 6.01 Å². The normalized spacial score (nSPS) is 13.1. The van der Waals surface area contributed by atoms with Crippen LogP contribution in [0.5, 0.6) is 6.01 Å². The van der Waals surface area contributed by atoms with Crippen LogP contribution in [-0.2, 0) is 9.47 Å². The molecule has 0 spiro atoms. The Morgan fingerprint density at radius 1 is 0.778 bits per heavy atom. The van der Waals surface area contributed by atoms with E-state index in [-0.39, 0.29) is 6.10 Å². The van der Waals surface area contributed by atoms with E-state index in [0.717, 1.165) is 24.5 Å². The standard InChI is InChI=1S/C29H54N2O4S/c1-3-4-5-6-7-8-9-10-11-12-13-14-15-16-17-18-22-33-25-28(26-36-24-23-34-27(2)32)35-29-30-20-19-21-31-29/h19-21,27-28,32H,3-18,22-26H2,1-2H3. The van der Waals surface area contributed by atoms with Gasteiger partial charge in [0, 0.05) is 30.5 Å². The number of hydrogen-bond donors (Lipinski definition) is 1. The van der Waals surface area contributed by atoms with Crippen molar-refractivity contribution in [1.29, 1.82) is 0 Å². The Hall–Kier alpha value is -0.890. The third-order valence-electron chi connectivity index (χ3n) is 6.15. The van der Waals surface area contributed by atoms with Crippen LogP contribution in [0.4, 0.5) is 0 Å². The van der Waals surface area contributed by atoms with Crippen LogP contribution in [0.25, 0.3) is 0 Å². The SMILES string of the molecule is CCCCCCCCCCCCCCCCCCOCC(CSCCOC(C)O)Oc1ncccn1. The summed E-state index contributed by atoms with van der Waals surface area (Å²) in [6.07, 6.45) is 24.5. The van der Waals surface area contributed by atoms with Crippen molar-refractivity contribution >= 4 is 11.8 Å². The van der Waals surface area contributed by atoms with Gasteiger partial charge in [0.05, 0.1) is 13.2 Å². The summed E-state index contributed by atoms with van der Waals surface area (Å²) in [5, 5.41) is 9.18. The molecular formula is C29H54N2O4S. The molecule has 0 saturated heterocycles. The molecule has 1 rings (SSSR count). The van der Waals surface area contributed by atoms with Crippen LogP contribution in [0, 0.1) is 0 Å². The van der Waals surface area contributed by atoms with Gasteiger partial charge in [0.25, 0.3) is 0 Å². The molecule has 1 heterocycles. The second-order valence-electron chi connectivity index (χ2n) is 9.69. The van der Waals surface area contributed by atoms with Gasteiger partial charge in [-0.15, -0.1) is 0 Å². The topological polar surface area (TPSA) is 73.7 Å². The Kier molecular flexibility index (Phi) is 23.7. The molecule has 1 aromatic heterocycles. The molecule has 36 heavy (non-hydrogen) atoms. The smallest absolute Gasteiger partial charge is 0.316 e. The lowest BCUT2D eigenvalue weighted by molar-refractivity contribution is -0.0790. The maximum Gasteiger partial charge on any atom is 0.316 e. The minimum absolute atomic E-state index is 0.106. The summed E-state index contributed by atoms with van der Waals surface area (Å²) in [6.45, 7) is 5.71. The molecule has 0 aliphatic heterocycles. The summed E-state index contributed by atoms with van der Waals surface area (Å²) in [6, 6.07) is 2.16. The number of aliphatic hydroxyl groups excluding tert-OH is 1. The van der Waals surface area contributed by atoms with Crippen molar-refractivity contribution in [2.75, 3.05) is 31.3 Å². The first-order valence-electron chi connectivity index (χ1n) is 14.6. The fraction of sp³-hybridized carbons (Fsp3) is 0.862. The minimum atomic E-state index is -0.724. The highest BCUT2D eigenvalue weighted by atomic mass is 32.2. The predicted octanol–water partition coefficient (Wildman–Crippen LogP) is 7.59. The highest BCUT2D eigenvalue weighted by molar-refractivity contribution is 7.99. The molecule has 1 aromatic rings. The summed E-state index contributed by atoms with van der Waals surface area (Å²) < 4.78 is 17.0. The van der Waals surface area contributed by atoms with E-state index >= 15 is 0 Å². The first-order chi connectivity index (χ1) is 17.7. The Balaban J connectivity index is 1.96. The summed E-state index contributed by atoms with van der Waals surface area (Å²) in [5.74, 6) is 1.56. The van der Waals surface area contributed by atoms with Crippen LogP contribution in [0.1, 0.15) is 117 Å². The zero-order valence-corrected chi connectivity index (χ0v) is 24.0. The number of nitrogens with zero attached hydrogens (tertiary/aromatic N) is 2. The summed E-state index contributed by atoms with van der Waals surface area (Å²) >= 11 is 1.72. The fourth-order valence-corrected chi connectivity index (χ4v) is 4.88. The number of ether oxygens (including phenoxy) is 3. The average molecular weight is 527 g/mol. The first-order valence-corrected chi connectivity index (χ1v) is 15.8. The van der Waals surface area contributed by atoms with E-state index in [1.54, 1.807) is 37.1 Å². The van der Waals surface area contributed by atoms with Crippen molar-refractivity contribution in [2.24, 2.45) is 0 Å². The van der Waals surface area contributed by atoms with Crippen molar-refractivity contribution in [2.45, 2.75) is 129 Å². The van der Waals surface area contributed by atoms with E-state index in [1.165, 1.54) is 96.3 Å². The maximum atomic E-state index is 9.18. The summed E-state index contributed by atoms with van der Waals surface area (Å²) in [4.78, 5) is 8.32. The van der Waals surface area contributed by atoms with Crippen LogP contribution < -0.4 is 4.74 Å². The highest BCUT2D eigenvalue weighted by Crippen LogP contribution is 2.14. The van der Waals surface area contributed by atoms with Crippen LogP contribution in [0.15, 0.2) is 18.5 Å². The number of thioether (sulfide) groups is 1. The molecule has 0 saturated carbocycles. The number of aliphatic hydroxyl groups is 1. The molecule has 210 valence electrons. The van der Waals surface area contributed by atoms with E-state index in [9.17, 15) is 5.11 Å². The van der Waals surface area contributed by atoms with Crippen molar-refractivity contribution in [1.82, 2.24) is 9.97 Å². The lowest BCUT2D eigenvalue weighted by Crippen LogP contribution is -2.27. The molecule has 0 amide bonds. The number of hydrogen-bond acceptors (Lipinski definition) is 7. The molecular weight excluding hydrogens is 472 g/mol. The molecule has 2 atom stereocenters. The van der Waals surface area contributed by atoms with Gasteiger partial charge in [-0.2, -0.15) is 11.8 Å². The van der Waals surface area contributed by atoms with E-state index < -0.39 is 6.29 Å². The Bertz CT molecular complexity index is 565. The van der Waals surface area contributed by atoms with E-state index in [1.807, 2.05) is 0 Å².